The Hall–Kier alpha value is -1.52. The van der Waals surface area contributed by atoms with E-state index in [4.69, 9.17) is 10.8 Å². The van der Waals surface area contributed by atoms with Crippen molar-refractivity contribution >= 4 is 0 Å². The van der Waals surface area contributed by atoms with Crippen molar-refractivity contribution in [3.8, 4) is 11.5 Å². The van der Waals surface area contributed by atoms with Crippen molar-refractivity contribution in [2.45, 2.75) is 30.4 Å². The standard InChI is InChI=1S/C17H23NO3/c1-18-9-8-17(7-6-13(19)11-16(17)18)12-4-5-14(20-2)15(10-12)21-3/h4-7,10,13,16,19H,8-9,11H2,1-3H3/t13-,16-,17-/m0/s1/i16D. The molecule has 114 valence electrons. The van der Waals surface area contributed by atoms with Crippen molar-refractivity contribution in [1.82, 2.24) is 4.90 Å². The molecule has 21 heavy (non-hydrogen) atoms. The average molecular weight is 290 g/mol. The molecule has 1 aromatic rings. The van der Waals surface area contributed by atoms with Crippen LogP contribution in [0.1, 0.15) is 19.8 Å². The number of hydrogen-bond acceptors (Lipinski definition) is 4. The first kappa shape index (κ1) is 13.2. The van der Waals surface area contributed by atoms with Crippen LogP contribution in [-0.2, 0) is 5.41 Å². The zero-order valence-electron chi connectivity index (χ0n) is 13.8. The van der Waals surface area contributed by atoms with Gasteiger partial charge in [-0.05, 0) is 44.1 Å². The molecule has 0 bridgehead atoms. The molecular weight excluding hydrogens is 266 g/mol. The van der Waals surface area contributed by atoms with Gasteiger partial charge in [0.15, 0.2) is 11.5 Å². The fourth-order valence-electron chi connectivity index (χ4n) is 3.54. The van der Waals surface area contributed by atoms with Crippen LogP contribution >= 0.6 is 0 Å². The average Bonchev–Trinajstić information content (AvgIpc) is 2.79. The minimum atomic E-state index is -0.846. The summed E-state index contributed by atoms with van der Waals surface area (Å²) < 4.78 is 19.8. The molecule has 4 nitrogen and oxygen atoms in total. The van der Waals surface area contributed by atoms with Gasteiger partial charge in [-0.2, -0.15) is 0 Å². The molecule has 1 N–H and O–H groups in total. The molecule has 0 unspecified atom stereocenters. The van der Waals surface area contributed by atoms with Crippen LogP contribution in [0.25, 0.3) is 0 Å². The molecule has 1 fully saturated rings. The van der Waals surface area contributed by atoms with Gasteiger partial charge in [-0.3, -0.25) is 0 Å². The lowest BCUT2D eigenvalue weighted by Crippen LogP contribution is -2.44. The quantitative estimate of drug-likeness (QED) is 0.864. The highest BCUT2D eigenvalue weighted by molar-refractivity contribution is 5.48. The predicted molar refractivity (Wildman–Crippen MR) is 82.0 cm³/mol. The molecule has 0 aromatic heterocycles. The number of rotatable bonds is 3. The molecule has 2 aliphatic rings. The van der Waals surface area contributed by atoms with Crippen molar-refractivity contribution in [3.63, 3.8) is 0 Å². The van der Waals surface area contributed by atoms with E-state index >= 15 is 0 Å². The Morgan fingerprint density at radius 1 is 1.33 bits per heavy atom. The van der Waals surface area contributed by atoms with Gasteiger partial charge in [0.2, 0.25) is 0 Å². The third-order valence-electron chi connectivity index (χ3n) is 4.72. The van der Waals surface area contributed by atoms with Gasteiger partial charge >= 0.3 is 0 Å². The Morgan fingerprint density at radius 3 is 2.81 bits per heavy atom. The number of aliphatic hydroxyl groups excluding tert-OH is 1. The molecule has 1 aliphatic heterocycles. The van der Waals surface area contributed by atoms with Crippen molar-refractivity contribution in [1.29, 1.82) is 0 Å². The van der Waals surface area contributed by atoms with Crippen LogP contribution in [0.3, 0.4) is 0 Å². The van der Waals surface area contributed by atoms with E-state index in [0.29, 0.717) is 17.9 Å². The summed E-state index contributed by atoms with van der Waals surface area (Å²) in [5.41, 5.74) is 0.605. The summed E-state index contributed by atoms with van der Waals surface area (Å²) in [5, 5.41) is 10.0. The molecular formula is C17H23NO3. The minimum absolute atomic E-state index is 0.411. The second-order valence-electron chi connectivity index (χ2n) is 5.79. The summed E-state index contributed by atoms with van der Waals surface area (Å²) in [6, 6.07) is 5.01. The van der Waals surface area contributed by atoms with Gasteiger partial charge < -0.3 is 19.5 Å². The van der Waals surface area contributed by atoms with Gasteiger partial charge in [0.1, 0.15) is 0 Å². The van der Waals surface area contributed by atoms with Gasteiger partial charge in [0.25, 0.3) is 0 Å². The molecule has 0 saturated carbocycles. The van der Waals surface area contributed by atoms with Crippen molar-refractivity contribution in [2.24, 2.45) is 0 Å². The maximum atomic E-state index is 10.0. The van der Waals surface area contributed by atoms with E-state index in [0.717, 1.165) is 18.5 Å². The highest BCUT2D eigenvalue weighted by Crippen LogP contribution is 2.46. The van der Waals surface area contributed by atoms with E-state index in [1.165, 1.54) is 0 Å². The van der Waals surface area contributed by atoms with E-state index in [9.17, 15) is 5.11 Å². The number of likely N-dealkylation sites (N-methyl/N-ethyl adjacent to an activating group) is 1. The van der Waals surface area contributed by atoms with E-state index < -0.39 is 17.5 Å². The Kier molecular flexibility index (Phi) is 3.36. The number of likely N-dealkylation sites (tertiary alicyclic amines) is 1. The molecule has 3 rings (SSSR count). The molecule has 0 amide bonds. The first-order valence-electron chi connectivity index (χ1n) is 7.78. The Labute approximate surface area is 127 Å². The molecule has 0 spiro atoms. The molecule has 4 heteroatoms. The van der Waals surface area contributed by atoms with Crippen LogP contribution < -0.4 is 9.47 Å². The summed E-state index contributed by atoms with van der Waals surface area (Å²) in [7, 11) is 5.20. The van der Waals surface area contributed by atoms with Crippen molar-refractivity contribution in [3.05, 3.63) is 35.9 Å². The lowest BCUT2D eigenvalue weighted by atomic mass is 9.69. The van der Waals surface area contributed by atoms with Gasteiger partial charge in [0, 0.05) is 12.8 Å². The maximum Gasteiger partial charge on any atom is 0.161 e. The molecule has 1 aromatic carbocycles. The predicted octanol–water partition coefficient (Wildman–Crippen LogP) is 1.97. The smallest absolute Gasteiger partial charge is 0.161 e. The summed E-state index contributed by atoms with van der Waals surface area (Å²) in [6.45, 7) is 0.828. The zero-order chi connectivity index (χ0) is 16.0. The van der Waals surface area contributed by atoms with Gasteiger partial charge in [-0.25, -0.2) is 0 Å². The highest BCUT2D eigenvalue weighted by Gasteiger charge is 2.48. The number of benzene rings is 1. The van der Waals surface area contributed by atoms with E-state index in [1.807, 2.05) is 42.3 Å². The minimum Gasteiger partial charge on any atom is -0.493 e. The van der Waals surface area contributed by atoms with E-state index in [1.54, 1.807) is 14.2 Å². The van der Waals surface area contributed by atoms with Crippen LogP contribution in [0, 0.1) is 0 Å². The SMILES string of the molecule is [2H][C@]12C[C@@H](O)C=C[C@@]1(c1ccc(OC)c(OC)c1)CCN2C. The molecule has 3 atom stereocenters. The van der Waals surface area contributed by atoms with Crippen LogP contribution in [-0.4, -0.2) is 49.9 Å². The van der Waals surface area contributed by atoms with E-state index in [-0.39, 0.29) is 0 Å². The zero-order valence-corrected chi connectivity index (χ0v) is 12.8. The second kappa shape index (κ2) is 5.35. The Balaban J connectivity index is 2.14. The number of fused-ring (bicyclic) bond motifs is 1. The molecule has 1 saturated heterocycles. The lowest BCUT2D eigenvalue weighted by molar-refractivity contribution is 0.137. The summed E-state index contributed by atoms with van der Waals surface area (Å²) >= 11 is 0. The second-order valence-corrected chi connectivity index (χ2v) is 5.79. The first-order valence-corrected chi connectivity index (χ1v) is 7.28. The van der Waals surface area contributed by atoms with Crippen LogP contribution in [0.15, 0.2) is 30.4 Å². The van der Waals surface area contributed by atoms with Gasteiger partial charge in [0.05, 0.1) is 20.3 Å². The highest BCUT2D eigenvalue weighted by atomic mass is 16.5. The third kappa shape index (κ3) is 2.23. The van der Waals surface area contributed by atoms with Gasteiger partial charge in [-0.15, -0.1) is 0 Å². The number of methoxy groups -OCH3 is 2. The summed E-state index contributed by atoms with van der Waals surface area (Å²) in [4.78, 5) is 2.04. The number of ether oxygens (including phenoxy) is 2. The fourth-order valence-corrected chi connectivity index (χ4v) is 3.54. The summed E-state index contributed by atoms with van der Waals surface area (Å²) in [5.74, 6) is 1.36. The van der Waals surface area contributed by atoms with E-state index in [2.05, 4.69) is 0 Å². The monoisotopic (exact) mass is 290 g/mol. The largest absolute Gasteiger partial charge is 0.493 e. The lowest BCUT2D eigenvalue weighted by Gasteiger charge is -2.39. The normalized spacial score (nSPS) is 36.2. The van der Waals surface area contributed by atoms with Gasteiger partial charge in [-0.1, -0.05) is 18.2 Å². The molecule has 1 aliphatic carbocycles. The Morgan fingerprint density at radius 2 is 2.10 bits per heavy atom. The topological polar surface area (TPSA) is 41.9 Å². The van der Waals surface area contributed by atoms with Crippen LogP contribution in [0.4, 0.5) is 0 Å². The third-order valence-corrected chi connectivity index (χ3v) is 4.72. The van der Waals surface area contributed by atoms with Crippen LogP contribution in [0.2, 0.25) is 0 Å². The fraction of sp³-hybridized carbons (Fsp3) is 0.529. The molecule has 0 radical (unpaired) electrons. The number of aliphatic hydroxyl groups is 1. The Bertz CT molecular complexity index is 606. The van der Waals surface area contributed by atoms with Crippen LogP contribution in [0.5, 0.6) is 11.5 Å². The summed E-state index contributed by atoms with van der Waals surface area (Å²) in [6.07, 6.45) is 4.54. The van der Waals surface area contributed by atoms with Crippen molar-refractivity contribution < 1.29 is 16.0 Å². The maximum absolute atomic E-state index is 10.0. The molecule has 1 heterocycles. The number of nitrogens with zero attached hydrogens (tertiary/aromatic N) is 1. The first-order chi connectivity index (χ1) is 10.5. The number of hydrogen-bond donors (Lipinski definition) is 1. The van der Waals surface area contributed by atoms with Crippen molar-refractivity contribution in [2.75, 3.05) is 27.8 Å².